The van der Waals surface area contributed by atoms with E-state index in [9.17, 15) is 4.79 Å². The topological polar surface area (TPSA) is 54.0 Å². The molecule has 1 aromatic carbocycles. The van der Waals surface area contributed by atoms with Crippen LogP contribution in [0.4, 0.5) is 5.13 Å². The molecular weight excluding hydrogens is 386 g/mol. The molecule has 0 spiro atoms. The minimum atomic E-state index is 0.0549. The second kappa shape index (κ2) is 7.23. The van der Waals surface area contributed by atoms with Gasteiger partial charge in [0, 0.05) is 17.4 Å². The van der Waals surface area contributed by atoms with Crippen molar-refractivity contribution in [3.05, 3.63) is 35.7 Å². The summed E-state index contributed by atoms with van der Waals surface area (Å²) >= 11 is 6.86. The van der Waals surface area contributed by atoms with Gasteiger partial charge in [-0.2, -0.15) is 0 Å². The second-order valence-corrected chi connectivity index (χ2v) is 10.3. The second-order valence-electron chi connectivity index (χ2n) is 9.00. The number of carbonyl (C=O) groups excluding carboxylic acids is 1. The van der Waals surface area contributed by atoms with Crippen LogP contribution in [-0.4, -0.2) is 16.0 Å². The summed E-state index contributed by atoms with van der Waals surface area (Å²) in [6, 6.07) is 10.0. The molecule has 1 aromatic heterocycles. The molecule has 6 heteroatoms. The maximum Gasteiger partial charge on any atom is 0.226 e. The average Bonchev–Trinajstić information content (AvgIpc) is 3.09. The summed E-state index contributed by atoms with van der Waals surface area (Å²) in [5, 5.41) is 9.03. The number of amides is 1. The van der Waals surface area contributed by atoms with E-state index in [1.807, 2.05) is 35.7 Å². The first-order valence-corrected chi connectivity index (χ1v) is 11.5. The molecule has 4 nitrogen and oxygen atoms in total. The van der Waals surface area contributed by atoms with Crippen molar-refractivity contribution in [1.29, 1.82) is 0 Å². The Morgan fingerprint density at radius 3 is 2.39 bits per heavy atom. The van der Waals surface area contributed by atoms with E-state index in [0.717, 1.165) is 29.0 Å². The molecule has 4 fully saturated rings. The SMILES string of the molecule is O=C(CC12CC3CC(CC(C3)C1)C2)NC(=S)Nc1nc(-c2ccccc2)cs1. The van der Waals surface area contributed by atoms with Gasteiger partial charge in [0.05, 0.1) is 5.69 Å². The van der Waals surface area contributed by atoms with E-state index in [2.05, 4.69) is 15.6 Å². The molecule has 1 amide bonds. The fourth-order valence-corrected chi connectivity index (χ4v) is 7.22. The average molecular weight is 412 g/mol. The minimum Gasteiger partial charge on any atom is -0.308 e. The van der Waals surface area contributed by atoms with E-state index in [-0.39, 0.29) is 11.3 Å². The van der Waals surface area contributed by atoms with Crippen LogP contribution in [0.5, 0.6) is 0 Å². The number of hydrogen-bond donors (Lipinski definition) is 2. The van der Waals surface area contributed by atoms with E-state index < -0.39 is 0 Å². The number of anilines is 1. The van der Waals surface area contributed by atoms with Crippen LogP contribution in [0.1, 0.15) is 44.9 Å². The van der Waals surface area contributed by atoms with Gasteiger partial charge in [0.2, 0.25) is 5.91 Å². The van der Waals surface area contributed by atoms with Gasteiger partial charge >= 0.3 is 0 Å². The first kappa shape index (κ1) is 18.3. The molecule has 0 radical (unpaired) electrons. The summed E-state index contributed by atoms with van der Waals surface area (Å²) in [7, 11) is 0. The summed E-state index contributed by atoms with van der Waals surface area (Å²) < 4.78 is 0. The van der Waals surface area contributed by atoms with E-state index in [1.54, 1.807) is 0 Å². The van der Waals surface area contributed by atoms with E-state index >= 15 is 0 Å². The van der Waals surface area contributed by atoms with Crippen LogP contribution in [0.15, 0.2) is 35.7 Å². The lowest BCUT2D eigenvalue weighted by atomic mass is 9.49. The Labute approximate surface area is 175 Å². The first-order chi connectivity index (χ1) is 13.6. The fraction of sp³-hybridized carbons (Fsp3) is 0.500. The number of aromatic nitrogens is 1. The summed E-state index contributed by atoms with van der Waals surface area (Å²) in [4.78, 5) is 17.3. The number of nitrogens with one attached hydrogen (secondary N) is 2. The maximum atomic E-state index is 12.7. The lowest BCUT2D eigenvalue weighted by molar-refractivity contribution is -0.127. The van der Waals surface area contributed by atoms with E-state index in [0.29, 0.717) is 16.7 Å². The van der Waals surface area contributed by atoms with Gasteiger partial charge in [-0.15, -0.1) is 11.3 Å². The molecule has 28 heavy (non-hydrogen) atoms. The number of carbonyl (C=O) groups is 1. The number of hydrogen-bond acceptors (Lipinski definition) is 4. The standard InChI is InChI=1S/C22H25N3OS2/c26-19(12-22-9-14-6-15(10-22)8-16(7-14)11-22)24-20(27)25-21-23-18(13-28-21)17-4-2-1-3-5-17/h1-5,13-16H,6-12H2,(H2,23,24,25,26,27). The molecule has 4 bridgehead atoms. The molecule has 146 valence electrons. The van der Waals surface area contributed by atoms with Crippen molar-refractivity contribution in [2.75, 3.05) is 5.32 Å². The van der Waals surface area contributed by atoms with Gasteiger partial charge in [0.15, 0.2) is 10.2 Å². The molecular formula is C22H25N3OS2. The highest BCUT2D eigenvalue weighted by molar-refractivity contribution is 7.80. The predicted octanol–water partition coefficient (Wildman–Crippen LogP) is 5.23. The highest BCUT2D eigenvalue weighted by atomic mass is 32.1. The highest BCUT2D eigenvalue weighted by Crippen LogP contribution is 2.61. The lowest BCUT2D eigenvalue weighted by Crippen LogP contribution is -2.48. The Morgan fingerprint density at radius 1 is 1.11 bits per heavy atom. The third-order valence-electron chi connectivity index (χ3n) is 6.75. The largest absolute Gasteiger partial charge is 0.308 e. The number of thiocarbonyl (C=S) groups is 1. The van der Waals surface area contributed by atoms with Crippen molar-refractivity contribution < 1.29 is 4.79 Å². The fourth-order valence-electron chi connectivity index (χ4n) is 6.22. The minimum absolute atomic E-state index is 0.0549. The summed E-state index contributed by atoms with van der Waals surface area (Å²) in [6.45, 7) is 0. The third-order valence-corrected chi connectivity index (χ3v) is 7.71. The van der Waals surface area contributed by atoms with Crippen LogP contribution in [0, 0.1) is 23.2 Å². The number of nitrogens with zero attached hydrogens (tertiary/aromatic N) is 1. The predicted molar refractivity (Wildman–Crippen MR) is 117 cm³/mol. The quantitative estimate of drug-likeness (QED) is 0.677. The molecule has 1 heterocycles. The van der Waals surface area contributed by atoms with Crippen molar-refractivity contribution in [3.63, 3.8) is 0 Å². The zero-order chi connectivity index (χ0) is 19.1. The molecule has 0 aliphatic heterocycles. The molecule has 2 N–H and O–H groups in total. The Kier molecular flexibility index (Phi) is 4.71. The van der Waals surface area contributed by atoms with Gasteiger partial charge < -0.3 is 10.6 Å². The van der Waals surface area contributed by atoms with E-state index in [1.165, 1.54) is 49.9 Å². The van der Waals surface area contributed by atoms with Crippen LogP contribution < -0.4 is 10.6 Å². The molecule has 0 unspecified atom stereocenters. The van der Waals surface area contributed by atoms with Crippen LogP contribution >= 0.6 is 23.6 Å². The van der Waals surface area contributed by atoms with Crippen molar-refractivity contribution in [3.8, 4) is 11.3 Å². The van der Waals surface area contributed by atoms with Crippen molar-refractivity contribution >= 4 is 39.7 Å². The van der Waals surface area contributed by atoms with Gasteiger partial charge in [-0.25, -0.2) is 4.98 Å². The third kappa shape index (κ3) is 3.72. The summed E-state index contributed by atoms with van der Waals surface area (Å²) in [6.07, 6.45) is 8.52. The van der Waals surface area contributed by atoms with Gasteiger partial charge in [0.1, 0.15) is 0 Å². The smallest absolute Gasteiger partial charge is 0.226 e. The summed E-state index contributed by atoms with van der Waals surface area (Å²) in [5.74, 6) is 2.63. The van der Waals surface area contributed by atoms with Crippen LogP contribution in [-0.2, 0) is 4.79 Å². The lowest BCUT2D eigenvalue weighted by Gasteiger charge is -2.56. The van der Waals surface area contributed by atoms with E-state index in [4.69, 9.17) is 12.2 Å². The van der Waals surface area contributed by atoms with Gasteiger partial charge in [-0.1, -0.05) is 30.3 Å². The Morgan fingerprint density at radius 2 is 1.75 bits per heavy atom. The normalized spacial score (nSPS) is 30.2. The molecule has 6 rings (SSSR count). The monoisotopic (exact) mass is 411 g/mol. The van der Waals surface area contributed by atoms with Crippen LogP contribution in [0.3, 0.4) is 0 Å². The summed E-state index contributed by atoms with van der Waals surface area (Å²) in [5.41, 5.74) is 2.22. The first-order valence-electron chi connectivity index (χ1n) is 10.2. The zero-order valence-corrected chi connectivity index (χ0v) is 17.5. The van der Waals surface area contributed by atoms with Crippen molar-refractivity contribution in [2.24, 2.45) is 23.2 Å². The molecule has 2 aromatic rings. The highest BCUT2D eigenvalue weighted by Gasteiger charge is 2.51. The Hall–Kier alpha value is -1.79. The molecule has 0 saturated heterocycles. The van der Waals surface area contributed by atoms with Crippen molar-refractivity contribution in [2.45, 2.75) is 44.9 Å². The molecule has 4 aliphatic rings. The number of rotatable bonds is 4. The maximum absolute atomic E-state index is 12.7. The molecule has 4 aliphatic carbocycles. The van der Waals surface area contributed by atoms with Crippen LogP contribution in [0.25, 0.3) is 11.3 Å². The van der Waals surface area contributed by atoms with Crippen LogP contribution in [0.2, 0.25) is 0 Å². The van der Waals surface area contributed by atoms with Gasteiger partial charge in [0.25, 0.3) is 0 Å². The van der Waals surface area contributed by atoms with Gasteiger partial charge in [-0.3, -0.25) is 4.79 Å². The molecule has 0 atom stereocenters. The van der Waals surface area contributed by atoms with Crippen molar-refractivity contribution in [1.82, 2.24) is 10.3 Å². The molecule has 4 saturated carbocycles. The Bertz CT molecular complexity index is 857. The van der Waals surface area contributed by atoms with Gasteiger partial charge in [-0.05, 0) is 73.9 Å². The number of thiazole rings is 1. The Balaban J connectivity index is 1.17. The number of benzene rings is 1. The zero-order valence-electron chi connectivity index (χ0n) is 15.8.